The molecule has 0 aliphatic heterocycles. The van der Waals surface area contributed by atoms with Gasteiger partial charge >= 0.3 is 0 Å². The van der Waals surface area contributed by atoms with E-state index in [9.17, 15) is 0 Å². The molecule has 2 heteroatoms. The monoisotopic (exact) mass is 215 g/mol. The molecule has 1 aromatic carbocycles. The molecule has 0 saturated carbocycles. The molecule has 2 aromatic rings. The van der Waals surface area contributed by atoms with E-state index in [0.717, 1.165) is 17.0 Å². The van der Waals surface area contributed by atoms with Crippen LogP contribution < -0.4 is 4.74 Å². The number of hydrogen-bond donors (Lipinski definition) is 0. The average molecular weight is 215 g/mol. The molecular formula is C14H17NO. The van der Waals surface area contributed by atoms with Crippen LogP contribution >= 0.6 is 0 Å². The number of pyridine rings is 1. The Labute approximate surface area is 96.3 Å². The number of aryl methyl sites for hydroxylation is 1. The van der Waals surface area contributed by atoms with Crippen LogP contribution in [0.4, 0.5) is 0 Å². The van der Waals surface area contributed by atoms with Crippen molar-refractivity contribution in [1.82, 2.24) is 4.98 Å². The minimum atomic E-state index is 0.513. The fourth-order valence-electron chi connectivity index (χ4n) is 1.97. The van der Waals surface area contributed by atoms with E-state index < -0.39 is 0 Å². The Morgan fingerprint density at radius 2 is 1.94 bits per heavy atom. The van der Waals surface area contributed by atoms with Crippen LogP contribution in [0.5, 0.6) is 5.75 Å². The molecule has 1 aromatic heterocycles. The highest BCUT2D eigenvalue weighted by molar-refractivity contribution is 5.81. The summed E-state index contributed by atoms with van der Waals surface area (Å²) in [6.07, 6.45) is 0. The van der Waals surface area contributed by atoms with E-state index in [-0.39, 0.29) is 0 Å². The number of fused-ring (bicyclic) bond motifs is 1. The van der Waals surface area contributed by atoms with E-state index in [1.165, 1.54) is 10.9 Å². The maximum atomic E-state index is 5.20. The molecule has 16 heavy (non-hydrogen) atoms. The van der Waals surface area contributed by atoms with Gasteiger partial charge in [0.05, 0.1) is 12.6 Å². The Morgan fingerprint density at radius 3 is 2.56 bits per heavy atom. The highest BCUT2D eigenvalue weighted by atomic mass is 16.5. The predicted octanol–water partition coefficient (Wildman–Crippen LogP) is 3.68. The van der Waals surface area contributed by atoms with Crippen LogP contribution in [0.1, 0.15) is 31.0 Å². The minimum absolute atomic E-state index is 0.513. The first-order chi connectivity index (χ1) is 7.61. The van der Waals surface area contributed by atoms with Crippen LogP contribution in [0.25, 0.3) is 10.9 Å². The van der Waals surface area contributed by atoms with Gasteiger partial charge in [-0.2, -0.15) is 0 Å². The fraction of sp³-hybridized carbons (Fsp3) is 0.357. The molecule has 0 unspecified atom stereocenters. The molecule has 0 bridgehead atoms. The smallest absolute Gasteiger partial charge is 0.121 e. The first-order valence-electron chi connectivity index (χ1n) is 5.57. The van der Waals surface area contributed by atoms with Crippen LogP contribution in [0, 0.1) is 6.92 Å². The van der Waals surface area contributed by atoms with Gasteiger partial charge < -0.3 is 4.74 Å². The van der Waals surface area contributed by atoms with Gasteiger partial charge in [-0.05, 0) is 36.6 Å². The van der Waals surface area contributed by atoms with E-state index in [2.05, 4.69) is 37.9 Å². The van der Waals surface area contributed by atoms with Gasteiger partial charge in [0.25, 0.3) is 0 Å². The highest BCUT2D eigenvalue weighted by Gasteiger charge is 2.07. The van der Waals surface area contributed by atoms with Gasteiger partial charge in [-0.15, -0.1) is 0 Å². The molecule has 0 spiro atoms. The maximum Gasteiger partial charge on any atom is 0.121 e. The number of ether oxygens (including phenoxy) is 1. The standard InChI is InChI=1S/C14H17NO/c1-9(2)13-7-11-5-6-12(16-4)8-14(11)15-10(13)3/h5-9H,1-4H3. The van der Waals surface area contributed by atoms with Gasteiger partial charge in [0.15, 0.2) is 0 Å². The predicted molar refractivity (Wildman–Crippen MR) is 67.1 cm³/mol. The minimum Gasteiger partial charge on any atom is -0.497 e. The van der Waals surface area contributed by atoms with Crippen LogP contribution in [0.3, 0.4) is 0 Å². The third-order valence-corrected chi connectivity index (χ3v) is 2.88. The highest BCUT2D eigenvalue weighted by Crippen LogP contribution is 2.25. The van der Waals surface area contributed by atoms with Crippen molar-refractivity contribution in [1.29, 1.82) is 0 Å². The van der Waals surface area contributed by atoms with Crippen molar-refractivity contribution in [3.63, 3.8) is 0 Å². The van der Waals surface area contributed by atoms with E-state index in [1.54, 1.807) is 7.11 Å². The molecule has 84 valence electrons. The van der Waals surface area contributed by atoms with Crippen LogP contribution in [0.2, 0.25) is 0 Å². The molecule has 0 amide bonds. The summed E-state index contributed by atoms with van der Waals surface area (Å²) < 4.78 is 5.20. The Bertz CT molecular complexity index is 517. The third kappa shape index (κ3) is 1.87. The molecule has 0 saturated heterocycles. The van der Waals surface area contributed by atoms with Crippen LogP contribution in [0.15, 0.2) is 24.3 Å². The largest absolute Gasteiger partial charge is 0.497 e. The van der Waals surface area contributed by atoms with Gasteiger partial charge in [0, 0.05) is 17.1 Å². The lowest BCUT2D eigenvalue weighted by molar-refractivity contribution is 0.415. The molecule has 0 atom stereocenters. The number of methoxy groups -OCH3 is 1. The summed E-state index contributed by atoms with van der Waals surface area (Å²) in [7, 11) is 1.68. The fourth-order valence-corrected chi connectivity index (χ4v) is 1.97. The van der Waals surface area contributed by atoms with Gasteiger partial charge in [0.2, 0.25) is 0 Å². The topological polar surface area (TPSA) is 22.1 Å². The average Bonchev–Trinajstić information content (AvgIpc) is 2.27. The van der Waals surface area contributed by atoms with E-state index in [0.29, 0.717) is 5.92 Å². The van der Waals surface area contributed by atoms with Crippen molar-refractivity contribution >= 4 is 10.9 Å². The maximum absolute atomic E-state index is 5.20. The summed E-state index contributed by atoms with van der Waals surface area (Å²) in [5, 5.41) is 1.18. The van der Waals surface area contributed by atoms with Gasteiger partial charge in [-0.25, -0.2) is 0 Å². The van der Waals surface area contributed by atoms with Gasteiger partial charge in [-0.3, -0.25) is 4.98 Å². The number of benzene rings is 1. The number of hydrogen-bond acceptors (Lipinski definition) is 2. The number of aromatic nitrogens is 1. The molecule has 0 fully saturated rings. The normalized spacial score (nSPS) is 11.1. The summed E-state index contributed by atoms with van der Waals surface area (Å²) in [5.41, 5.74) is 3.43. The number of nitrogens with zero attached hydrogens (tertiary/aromatic N) is 1. The van der Waals surface area contributed by atoms with Crippen molar-refractivity contribution in [2.24, 2.45) is 0 Å². The lowest BCUT2D eigenvalue weighted by Gasteiger charge is -2.11. The first kappa shape index (κ1) is 10.9. The molecule has 0 aliphatic rings. The second kappa shape index (κ2) is 4.12. The summed E-state index contributed by atoms with van der Waals surface area (Å²) in [6.45, 7) is 6.45. The Kier molecular flexibility index (Phi) is 2.82. The van der Waals surface area contributed by atoms with Crippen molar-refractivity contribution in [3.8, 4) is 5.75 Å². The van der Waals surface area contributed by atoms with E-state index >= 15 is 0 Å². The van der Waals surface area contributed by atoms with Gasteiger partial charge in [0.1, 0.15) is 5.75 Å². The van der Waals surface area contributed by atoms with Gasteiger partial charge in [-0.1, -0.05) is 13.8 Å². The summed E-state index contributed by atoms with van der Waals surface area (Å²) in [4.78, 5) is 4.63. The SMILES string of the molecule is COc1ccc2cc(C(C)C)c(C)nc2c1. The second-order valence-corrected chi connectivity index (χ2v) is 4.38. The Morgan fingerprint density at radius 1 is 1.19 bits per heavy atom. The van der Waals surface area contributed by atoms with Crippen molar-refractivity contribution in [2.75, 3.05) is 7.11 Å². The molecule has 0 radical (unpaired) electrons. The third-order valence-electron chi connectivity index (χ3n) is 2.88. The summed E-state index contributed by atoms with van der Waals surface area (Å²) in [6, 6.07) is 8.24. The Balaban J connectivity index is 2.64. The Hall–Kier alpha value is -1.57. The lowest BCUT2D eigenvalue weighted by atomic mass is 10.00. The van der Waals surface area contributed by atoms with E-state index in [1.807, 2.05) is 12.1 Å². The molecule has 0 aliphatic carbocycles. The number of rotatable bonds is 2. The zero-order chi connectivity index (χ0) is 11.7. The van der Waals surface area contributed by atoms with Crippen molar-refractivity contribution in [3.05, 3.63) is 35.5 Å². The van der Waals surface area contributed by atoms with Crippen LogP contribution in [-0.4, -0.2) is 12.1 Å². The molecule has 1 heterocycles. The first-order valence-corrected chi connectivity index (χ1v) is 5.57. The molecular weight excluding hydrogens is 198 g/mol. The second-order valence-electron chi connectivity index (χ2n) is 4.38. The zero-order valence-electron chi connectivity index (χ0n) is 10.2. The van der Waals surface area contributed by atoms with Crippen LogP contribution in [-0.2, 0) is 0 Å². The zero-order valence-corrected chi connectivity index (χ0v) is 10.2. The summed E-state index contributed by atoms with van der Waals surface area (Å²) >= 11 is 0. The molecule has 0 N–H and O–H groups in total. The summed E-state index contributed by atoms with van der Waals surface area (Å²) in [5.74, 6) is 1.37. The van der Waals surface area contributed by atoms with Crippen molar-refractivity contribution < 1.29 is 4.74 Å². The van der Waals surface area contributed by atoms with Crippen molar-refractivity contribution in [2.45, 2.75) is 26.7 Å². The molecule has 2 rings (SSSR count). The quantitative estimate of drug-likeness (QED) is 0.762. The lowest BCUT2D eigenvalue weighted by Crippen LogP contribution is -1.96. The van der Waals surface area contributed by atoms with E-state index in [4.69, 9.17) is 4.74 Å². The molecule has 2 nitrogen and oxygen atoms in total.